The van der Waals surface area contributed by atoms with Crippen molar-refractivity contribution < 1.29 is 13.9 Å². The number of aromatic nitrogens is 3. The molecular formula is C24H19N5O3. The molecule has 2 N–H and O–H groups in total. The molecule has 4 aromatic rings. The Hall–Kier alpha value is -4.38. The molecule has 158 valence electrons. The van der Waals surface area contributed by atoms with Gasteiger partial charge in [-0.25, -0.2) is 4.98 Å². The van der Waals surface area contributed by atoms with Crippen LogP contribution >= 0.6 is 0 Å². The maximum atomic E-state index is 12.6. The van der Waals surface area contributed by atoms with E-state index in [1.165, 1.54) is 0 Å². The van der Waals surface area contributed by atoms with E-state index >= 15 is 0 Å². The van der Waals surface area contributed by atoms with Gasteiger partial charge in [-0.2, -0.15) is 10.4 Å². The summed E-state index contributed by atoms with van der Waals surface area (Å²) in [7, 11) is 0. The molecule has 2 heterocycles. The number of carbonyl (C=O) groups is 1. The van der Waals surface area contributed by atoms with E-state index in [4.69, 9.17) is 14.4 Å². The molecule has 1 aliphatic rings. The van der Waals surface area contributed by atoms with Crippen molar-refractivity contribution in [1.29, 1.82) is 5.26 Å². The van der Waals surface area contributed by atoms with Gasteiger partial charge in [0.15, 0.2) is 11.6 Å². The van der Waals surface area contributed by atoms with Gasteiger partial charge in [0, 0.05) is 17.2 Å². The zero-order chi connectivity index (χ0) is 21.9. The molecule has 2 aromatic carbocycles. The molecule has 0 bridgehead atoms. The average Bonchev–Trinajstić information content (AvgIpc) is 3.35. The third-order valence-corrected chi connectivity index (χ3v) is 5.11. The van der Waals surface area contributed by atoms with Gasteiger partial charge in [0.25, 0.3) is 5.91 Å². The van der Waals surface area contributed by atoms with E-state index in [9.17, 15) is 4.79 Å². The summed E-state index contributed by atoms with van der Waals surface area (Å²) in [6, 6.07) is 19.6. The Morgan fingerprint density at radius 2 is 2.06 bits per heavy atom. The zero-order valence-electron chi connectivity index (χ0n) is 17.0. The van der Waals surface area contributed by atoms with Crippen LogP contribution in [0.25, 0.3) is 11.4 Å². The Morgan fingerprint density at radius 1 is 1.19 bits per heavy atom. The van der Waals surface area contributed by atoms with Crippen LogP contribution in [0.4, 0.5) is 5.69 Å². The van der Waals surface area contributed by atoms with Gasteiger partial charge in [0.2, 0.25) is 0 Å². The van der Waals surface area contributed by atoms with Crippen LogP contribution in [0.5, 0.6) is 5.75 Å². The number of para-hydroxylation sites is 1. The number of nitrogens with one attached hydrogen (secondary N) is 2. The standard InChI is InChI=1S/C24H19N5O3/c25-13-17-4-1-2-7-20(17)31-14-19-10-11-21(32-19)24(30)26-18-6-3-5-16(12-18)23-27-22(28-29-23)15-8-9-15/h1-7,10-12,15H,8-9,14H2,(H,26,30)(H,27,28,29). The number of nitriles is 1. The van der Waals surface area contributed by atoms with E-state index < -0.39 is 0 Å². The van der Waals surface area contributed by atoms with Crippen LogP contribution in [-0.2, 0) is 6.61 Å². The van der Waals surface area contributed by atoms with Crippen molar-refractivity contribution >= 4 is 11.6 Å². The molecule has 1 aliphatic carbocycles. The highest BCUT2D eigenvalue weighted by molar-refractivity contribution is 6.02. The van der Waals surface area contributed by atoms with Crippen LogP contribution in [0.3, 0.4) is 0 Å². The molecule has 0 unspecified atom stereocenters. The predicted octanol–water partition coefficient (Wildman–Crippen LogP) is 4.65. The average molecular weight is 425 g/mol. The van der Waals surface area contributed by atoms with E-state index in [1.807, 2.05) is 18.2 Å². The molecular weight excluding hydrogens is 406 g/mol. The van der Waals surface area contributed by atoms with Crippen molar-refractivity contribution in [2.75, 3.05) is 5.32 Å². The molecule has 1 fully saturated rings. The first-order valence-corrected chi connectivity index (χ1v) is 10.2. The number of H-pyrrole nitrogens is 1. The number of hydrogen-bond donors (Lipinski definition) is 2. The second-order valence-corrected chi connectivity index (χ2v) is 7.52. The van der Waals surface area contributed by atoms with Crippen molar-refractivity contribution in [2.45, 2.75) is 25.4 Å². The summed E-state index contributed by atoms with van der Waals surface area (Å²) in [4.78, 5) is 17.2. The van der Waals surface area contributed by atoms with Gasteiger partial charge in [0.1, 0.15) is 30.0 Å². The maximum absolute atomic E-state index is 12.6. The number of carbonyl (C=O) groups excluding carboxylic acids is 1. The molecule has 1 saturated carbocycles. The minimum atomic E-state index is -0.375. The number of nitrogens with zero attached hydrogens (tertiary/aromatic N) is 3. The van der Waals surface area contributed by atoms with Gasteiger partial charge in [-0.05, 0) is 49.2 Å². The lowest BCUT2D eigenvalue weighted by Crippen LogP contribution is -2.10. The third-order valence-electron chi connectivity index (χ3n) is 5.11. The zero-order valence-corrected chi connectivity index (χ0v) is 17.0. The molecule has 2 aromatic heterocycles. The molecule has 0 spiro atoms. The summed E-state index contributed by atoms with van der Waals surface area (Å²) < 4.78 is 11.3. The minimum absolute atomic E-state index is 0.107. The Bertz CT molecular complexity index is 1310. The first-order valence-electron chi connectivity index (χ1n) is 10.2. The van der Waals surface area contributed by atoms with Crippen molar-refractivity contribution in [3.05, 3.63) is 83.6 Å². The highest BCUT2D eigenvalue weighted by Gasteiger charge is 2.27. The lowest BCUT2D eigenvalue weighted by molar-refractivity contribution is 0.0992. The summed E-state index contributed by atoms with van der Waals surface area (Å²) in [6.45, 7) is 0.107. The number of aromatic amines is 1. The number of benzene rings is 2. The normalized spacial score (nSPS) is 12.8. The van der Waals surface area contributed by atoms with Crippen molar-refractivity contribution in [3.63, 3.8) is 0 Å². The van der Waals surface area contributed by atoms with Crippen molar-refractivity contribution in [3.8, 4) is 23.2 Å². The molecule has 8 nitrogen and oxygen atoms in total. The summed E-state index contributed by atoms with van der Waals surface area (Å²) in [6.07, 6.45) is 2.29. The second kappa shape index (κ2) is 8.40. The fourth-order valence-electron chi connectivity index (χ4n) is 3.28. The molecule has 0 aliphatic heterocycles. The molecule has 5 rings (SSSR count). The van der Waals surface area contributed by atoms with Gasteiger partial charge in [-0.3, -0.25) is 9.89 Å². The van der Waals surface area contributed by atoms with E-state index in [1.54, 1.807) is 42.5 Å². The molecule has 0 radical (unpaired) electrons. The van der Waals surface area contributed by atoms with Crippen LogP contribution < -0.4 is 10.1 Å². The van der Waals surface area contributed by atoms with Crippen molar-refractivity contribution in [2.24, 2.45) is 0 Å². The lowest BCUT2D eigenvalue weighted by atomic mass is 10.2. The molecule has 1 amide bonds. The van der Waals surface area contributed by atoms with Gasteiger partial charge in [-0.15, -0.1) is 0 Å². The lowest BCUT2D eigenvalue weighted by Gasteiger charge is -2.06. The van der Waals surface area contributed by atoms with E-state index in [-0.39, 0.29) is 18.3 Å². The number of ether oxygens (including phenoxy) is 1. The number of amides is 1. The fraction of sp³-hybridized carbons (Fsp3) is 0.167. The minimum Gasteiger partial charge on any atom is -0.484 e. The van der Waals surface area contributed by atoms with E-state index in [0.717, 1.165) is 24.2 Å². The summed E-state index contributed by atoms with van der Waals surface area (Å²) in [5.74, 6) is 2.74. The topological polar surface area (TPSA) is 117 Å². The van der Waals surface area contributed by atoms with Crippen LogP contribution in [-0.4, -0.2) is 21.1 Å². The van der Waals surface area contributed by atoms with Gasteiger partial charge >= 0.3 is 0 Å². The predicted molar refractivity (Wildman–Crippen MR) is 116 cm³/mol. The summed E-state index contributed by atoms with van der Waals surface area (Å²) in [5, 5.41) is 19.2. The Kier molecular flexibility index (Phi) is 5.14. The number of hydrogen-bond acceptors (Lipinski definition) is 6. The highest BCUT2D eigenvalue weighted by atomic mass is 16.5. The summed E-state index contributed by atoms with van der Waals surface area (Å²) in [5.41, 5.74) is 1.87. The molecule has 32 heavy (non-hydrogen) atoms. The smallest absolute Gasteiger partial charge is 0.291 e. The molecule has 8 heteroatoms. The Morgan fingerprint density at radius 3 is 2.91 bits per heavy atom. The summed E-state index contributed by atoms with van der Waals surface area (Å²) >= 11 is 0. The quantitative estimate of drug-likeness (QED) is 0.445. The highest BCUT2D eigenvalue weighted by Crippen LogP contribution is 2.38. The van der Waals surface area contributed by atoms with Crippen LogP contribution in [0.15, 0.2) is 65.1 Å². The SMILES string of the molecule is N#Cc1ccccc1OCc1ccc(C(=O)Nc2cccc(-c3n[nH]c(C4CC4)n3)c2)o1. The molecule has 0 saturated heterocycles. The molecule has 0 atom stereocenters. The first-order chi connectivity index (χ1) is 15.7. The second-order valence-electron chi connectivity index (χ2n) is 7.52. The first kappa shape index (κ1) is 19.6. The third kappa shape index (κ3) is 4.23. The maximum Gasteiger partial charge on any atom is 0.291 e. The van der Waals surface area contributed by atoms with Crippen LogP contribution in [0.2, 0.25) is 0 Å². The largest absolute Gasteiger partial charge is 0.484 e. The van der Waals surface area contributed by atoms with Crippen LogP contribution in [0.1, 0.15) is 46.5 Å². The number of furan rings is 1. The number of anilines is 1. The van der Waals surface area contributed by atoms with E-state index in [2.05, 4.69) is 26.6 Å². The Balaban J connectivity index is 1.23. The monoisotopic (exact) mass is 425 g/mol. The van der Waals surface area contributed by atoms with E-state index in [0.29, 0.717) is 34.5 Å². The fourth-order valence-corrected chi connectivity index (χ4v) is 3.28. The number of rotatable bonds is 7. The van der Waals surface area contributed by atoms with Gasteiger partial charge < -0.3 is 14.5 Å². The van der Waals surface area contributed by atoms with Crippen molar-refractivity contribution in [1.82, 2.24) is 15.2 Å². The Labute approximate surface area is 183 Å². The van der Waals surface area contributed by atoms with Crippen LogP contribution in [0, 0.1) is 11.3 Å². The van der Waals surface area contributed by atoms with Gasteiger partial charge in [0.05, 0.1) is 5.56 Å². The van der Waals surface area contributed by atoms with Gasteiger partial charge in [-0.1, -0.05) is 24.3 Å².